The molecule has 0 unspecified atom stereocenters. The lowest BCUT2D eigenvalue weighted by atomic mass is 9.96. The third-order valence-electron chi connectivity index (χ3n) is 3.11. The molecule has 0 saturated carbocycles. The lowest BCUT2D eigenvalue weighted by molar-refractivity contribution is 0.0999. The Morgan fingerprint density at radius 2 is 1.67 bits per heavy atom. The summed E-state index contributed by atoms with van der Waals surface area (Å²) in [4.78, 5) is 2.47. The fourth-order valence-corrected chi connectivity index (χ4v) is 2.48. The van der Waals surface area contributed by atoms with Gasteiger partial charge in [0.05, 0.1) is 6.61 Å². The summed E-state index contributed by atoms with van der Waals surface area (Å²) in [5.74, 6) is 0. The van der Waals surface area contributed by atoms with E-state index < -0.39 is 0 Å². The van der Waals surface area contributed by atoms with E-state index in [4.69, 9.17) is 0 Å². The van der Waals surface area contributed by atoms with Gasteiger partial charge >= 0.3 is 0 Å². The van der Waals surface area contributed by atoms with Gasteiger partial charge in [-0.05, 0) is 38.8 Å². The van der Waals surface area contributed by atoms with Crippen LogP contribution in [0.1, 0.15) is 39.5 Å². The summed E-state index contributed by atoms with van der Waals surface area (Å²) in [6.07, 6.45) is 5.04. The zero-order valence-corrected chi connectivity index (χ0v) is 8.34. The van der Waals surface area contributed by atoms with Crippen molar-refractivity contribution in [1.29, 1.82) is 0 Å². The minimum absolute atomic E-state index is 0.236. The summed E-state index contributed by atoms with van der Waals surface area (Å²) in [6, 6.07) is 0. The molecule has 2 rings (SSSR count). The van der Waals surface area contributed by atoms with Gasteiger partial charge in [0.15, 0.2) is 0 Å². The molecule has 2 aliphatic rings. The third kappa shape index (κ3) is 1.50. The van der Waals surface area contributed by atoms with Crippen LogP contribution in [0, 0.1) is 0 Å². The molecule has 0 aromatic rings. The first-order valence-corrected chi connectivity index (χ1v) is 5.23. The van der Waals surface area contributed by atoms with Crippen molar-refractivity contribution in [2.45, 2.75) is 45.1 Å². The predicted molar refractivity (Wildman–Crippen MR) is 51.2 cm³/mol. The lowest BCUT2D eigenvalue weighted by Gasteiger charge is -2.29. The molecule has 72 valence electrons. The Morgan fingerprint density at radius 1 is 1.17 bits per heavy atom. The number of fused-ring (bicyclic) bond motifs is 1. The fourth-order valence-electron chi connectivity index (χ4n) is 2.48. The van der Waals surface area contributed by atoms with E-state index in [2.05, 4.69) is 4.90 Å². The standard InChI is InChI=1S/C8H15NO.C2H6/c10-7-8-3-1-5-9(8)6-2-4-8;1-2/h10H,1-7H2;1-2H3. The number of hydrogen-bond donors (Lipinski definition) is 1. The molecule has 2 nitrogen and oxygen atoms in total. The van der Waals surface area contributed by atoms with Crippen molar-refractivity contribution in [3.8, 4) is 0 Å². The largest absolute Gasteiger partial charge is 0.394 e. The van der Waals surface area contributed by atoms with Gasteiger partial charge in [0.25, 0.3) is 0 Å². The number of aliphatic hydroxyl groups excluding tert-OH is 1. The maximum atomic E-state index is 9.19. The maximum absolute atomic E-state index is 9.19. The second-order valence-electron chi connectivity index (χ2n) is 3.58. The van der Waals surface area contributed by atoms with Crippen LogP contribution in [0.5, 0.6) is 0 Å². The van der Waals surface area contributed by atoms with Gasteiger partial charge in [0.1, 0.15) is 0 Å². The molecule has 0 amide bonds. The van der Waals surface area contributed by atoms with Gasteiger partial charge < -0.3 is 5.11 Å². The highest BCUT2D eigenvalue weighted by Crippen LogP contribution is 2.37. The number of aliphatic hydroxyl groups is 1. The zero-order chi connectivity index (χ0) is 9.03. The van der Waals surface area contributed by atoms with E-state index in [9.17, 15) is 5.11 Å². The van der Waals surface area contributed by atoms with Crippen LogP contribution in [0.4, 0.5) is 0 Å². The third-order valence-corrected chi connectivity index (χ3v) is 3.11. The van der Waals surface area contributed by atoms with Crippen molar-refractivity contribution < 1.29 is 5.11 Å². The van der Waals surface area contributed by atoms with Crippen molar-refractivity contribution in [3.05, 3.63) is 0 Å². The van der Waals surface area contributed by atoms with Gasteiger partial charge in [0, 0.05) is 5.54 Å². The minimum atomic E-state index is 0.236. The van der Waals surface area contributed by atoms with Crippen LogP contribution in [-0.4, -0.2) is 35.2 Å². The van der Waals surface area contributed by atoms with E-state index in [0.29, 0.717) is 6.61 Å². The van der Waals surface area contributed by atoms with Crippen LogP contribution < -0.4 is 0 Å². The van der Waals surface area contributed by atoms with Crippen molar-refractivity contribution in [2.24, 2.45) is 0 Å². The van der Waals surface area contributed by atoms with Gasteiger partial charge in [-0.3, -0.25) is 4.90 Å². The number of hydrogen-bond acceptors (Lipinski definition) is 2. The average Bonchev–Trinajstić information content (AvgIpc) is 2.65. The SMILES string of the molecule is CC.OCC12CCCN1CCC2. The van der Waals surface area contributed by atoms with Crippen LogP contribution in [0.25, 0.3) is 0 Å². The van der Waals surface area contributed by atoms with Crippen LogP contribution >= 0.6 is 0 Å². The molecular formula is C10H21NO. The molecule has 12 heavy (non-hydrogen) atoms. The highest BCUT2D eigenvalue weighted by atomic mass is 16.3. The molecule has 0 atom stereocenters. The van der Waals surface area contributed by atoms with Crippen molar-refractivity contribution in [2.75, 3.05) is 19.7 Å². The first-order chi connectivity index (χ1) is 5.87. The molecule has 0 aromatic carbocycles. The van der Waals surface area contributed by atoms with Gasteiger partial charge in [0.2, 0.25) is 0 Å². The summed E-state index contributed by atoms with van der Waals surface area (Å²) >= 11 is 0. The Labute approximate surface area is 75.6 Å². The Balaban J connectivity index is 0.000000336. The lowest BCUT2D eigenvalue weighted by Crippen LogP contribution is -2.41. The molecule has 2 heterocycles. The first kappa shape index (κ1) is 10.0. The van der Waals surface area contributed by atoms with Gasteiger partial charge in [-0.15, -0.1) is 0 Å². The zero-order valence-electron chi connectivity index (χ0n) is 8.34. The molecule has 0 aromatic heterocycles. The number of rotatable bonds is 1. The summed E-state index contributed by atoms with van der Waals surface area (Å²) < 4.78 is 0. The molecule has 0 bridgehead atoms. The second kappa shape index (κ2) is 4.24. The van der Waals surface area contributed by atoms with Crippen LogP contribution in [0.2, 0.25) is 0 Å². The average molecular weight is 171 g/mol. The van der Waals surface area contributed by atoms with Gasteiger partial charge in [-0.2, -0.15) is 0 Å². The molecule has 0 aliphatic carbocycles. The van der Waals surface area contributed by atoms with E-state index in [1.807, 2.05) is 13.8 Å². The maximum Gasteiger partial charge on any atom is 0.0615 e. The van der Waals surface area contributed by atoms with Crippen molar-refractivity contribution >= 4 is 0 Å². The smallest absolute Gasteiger partial charge is 0.0615 e. The molecule has 0 spiro atoms. The topological polar surface area (TPSA) is 23.5 Å². The van der Waals surface area contributed by atoms with Crippen LogP contribution in [-0.2, 0) is 0 Å². The summed E-state index contributed by atoms with van der Waals surface area (Å²) in [6.45, 7) is 6.83. The molecule has 1 N–H and O–H groups in total. The van der Waals surface area contributed by atoms with E-state index in [0.717, 1.165) is 0 Å². The highest BCUT2D eigenvalue weighted by molar-refractivity contribution is 4.99. The molecule has 0 radical (unpaired) electrons. The molecule has 2 heteroatoms. The van der Waals surface area contributed by atoms with E-state index >= 15 is 0 Å². The molecule has 2 fully saturated rings. The monoisotopic (exact) mass is 171 g/mol. The van der Waals surface area contributed by atoms with Crippen molar-refractivity contribution in [1.82, 2.24) is 4.90 Å². The van der Waals surface area contributed by atoms with Gasteiger partial charge in [-0.25, -0.2) is 0 Å². The van der Waals surface area contributed by atoms with E-state index in [1.165, 1.54) is 38.8 Å². The molecule has 2 aliphatic heterocycles. The van der Waals surface area contributed by atoms with Crippen LogP contribution in [0.15, 0.2) is 0 Å². The summed E-state index contributed by atoms with van der Waals surface area (Å²) in [5, 5.41) is 9.19. The normalized spacial score (nSPS) is 26.2. The minimum Gasteiger partial charge on any atom is -0.394 e. The van der Waals surface area contributed by atoms with E-state index in [1.54, 1.807) is 0 Å². The Morgan fingerprint density at radius 3 is 2.00 bits per heavy atom. The summed E-state index contributed by atoms with van der Waals surface area (Å²) in [7, 11) is 0. The predicted octanol–water partition coefficient (Wildman–Crippen LogP) is 1.63. The Hall–Kier alpha value is -0.0800. The molecule has 2 saturated heterocycles. The first-order valence-electron chi connectivity index (χ1n) is 5.23. The van der Waals surface area contributed by atoms with E-state index in [-0.39, 0.29) is 5.54 Å². The van der Waals surface area contributed by atoms with Crippen molar-refractivity contribution in [3.63, 3.8) is 0 Å². The number of nitrogens with zero attached hydrogens (tertiary/aromatic N) is 1. The summed E-state index contributed by atoms with van der Waals surface area (Å²) in [5.41, 5.74) is 0.236. The Kier molecular flexibility index (Phi) is 3.53. The van der Waals surface area contributed by atoms with Gasteiger partial charge in [-0.1, -0.05) is 13.8 Å². The Bertz CT molecular complexity index is 126. The quantitative estimate of drug-likeness (QED) is 0.648. The molecular weight excluding hydrogens is 150 g/mol. The second-order valence-corrected chi connectivity index (χ2v) is 3.58. The highest BCUT2D eigenvalue weighted by Gasteiger charge is 2.43. The fraction of sp³-hybridized carbons (Fsp3) is 1.00. The van der Waals surface area contributed by atoms with Crippen LogP contribution in [0.3, 0.4) is 0 Å².